The van der Waals surface area contributed by atoms with Gasteiger partial charge in [0, 0.05) is 44.5 Å². The number of pyridine rings is 1. The predicted octanol–water partition coefficient (Wildman–Crippen LogP) is 2.21. The van der Waals surface area contributed by atoms with Gasteiger partial charge in [-0.15, -0.1) is 0 Å². The van der Waals surface area contributed by atoms with Crippen molar-refractivity contribution >= 4 is 38.3 Å². The minimum Gasteiger partial charge on any atom is -0.487 e. The quantitative estimate of drug-likeness (QED) is 0.385. The summed E-state index contributed by atoms with van der Waals surface area (Å²) in [4.78, 5) is 36.1. The maximum Gasteiger partial charge on any atom is 0.341 e. The van der Waals surface area contributed by atoms with Gasteiger partial charge in [0.1, 0.15) is 17.9 Å². The molecule has 0 saturated carbocycles. The molecule has 1 atom stereocenters. The van der Waals surface area contributed by atoms with Crippen LogP contribution < -0.4 is 15.1 Å². The van der Waals surface area contributed by atoms with Crippen LogP contribution in [0.15, 0.2) is 46.2 Å². The Morgan fingerprint density at radius 3 is 2.43 bits per heavy atom. The average molecular weight is 533 g/mol. The summed E-state index contributed by atoms with van der Waals surface area (Å²) in [6.45, 7) is 2.14. The van der Waals surface area contributed by atoms with Crippen LogP contribution in [0.3, 0.4) is 0 Å². The molecule has 1 aromatic heterocycles. The maximum atomic E-state index is 15.4. The van der Waals surface area contributed by atoms with Gasteiger partial charge in [-0.3, -0.25) is 14.9 Å². The summed E-state index contributed by atoms with van der Waals surface area (Å²) in [6, 6.07) is 5.27. The molecule has 1 unspecified atom stereocenters. The Balaban J connectivity index is 1.48. The Kier molecular flexibility index (Phi) is 5.87. The predicted molar refractivity (Wildman–Crippen MR) is 129 cm³/mol. The number of aromatic nitrogens is 1. The van der Waals surface area contributed by atoms with Crippen LogP contribution in [0.1, 0.15) is 23.3 Å². The molecule has 0 radical (unpaired) electrons. The van der Waals surface area contributed by atoms with Crippen LogP contribution in [0, 0.1) is 15.9 Å². The highest BCUT2D eigenvalue weighted by Gasteiger charge is 2.34. The normalized spacial score (nSPS) is 18.0. The Morgan fingerprint density at radius 2 is 1.84 bits per heavy atom. The highest BCUT2D eigenvalue weighted by atomic mass is 32.2. The van der Waals surface area contributed by atoms with Crippen LogP contribution in [-0.2, 0) is 10.0 Å². The van der Waals surface area contributed by atoms with E-state index in [2.05, 4.69) is 0 Å². The van der Waals surface area contributed by atoms with Gasteiger partial charge in [0.15, 0.2) is 11.6 Å². The molecule has 0 bridgehead atoms. The lowest BCUT2D eigenvalue weighted by atomic mass is 10.1. The number of rotatable bonds is 5. The Hall–Kier alpha value is -4.04. The van der Waals surface area contributed by atoms with Crippen molar-refractivity contribution in [3.8, 4) is 5.75 Å². The molecule has 1 fully saturated rings. The number of carbonyl (C=O) groups is 1. The van der Waals surface area contributed by atoms with Crippen molar-refractivity contribution in [2.45, 2.75) is 17.9 Å². The van der Waals surface area contributed by atoms with E-state index in [4.69, 9.17) is 4.74 Å². The van der Waals surface area contributed by atoms with Crippen LogP contribution in [0.4, 0.5) is 15.8 Å². The Labute approximate surface area is 209 Å². The second-order valence-electron chi connectivity index (χ2n) is 8.82. The van der Waals surface area contributed by atoms with Gasteiger partial charge in [-0.25, -0.2) is 17.6 Å². The summed E-state index contributed by atoms with van der Waals surface area (Å²) in [5.74, 6) is -2.09. The number of sulfonamides is 1. The van der Waals surface area contributed by atoms with Crippen molar-refractivity contribution in [2.75, 3.05) is 37.7 Å². The van der Waals surface area contributed by atoms with Gasteiger partial charge in [-0.1, -0.05) is 0 Å². The molecule has 2 aliphatic heterocycles. The summed E-state index contributed by atoms with van der Waals surface area (Å²) >= 11 is 0. The number of carboxylic acids is 1. The van der Waals surface area contributed by atoms with Crippen LogP contribution in [0.25, 0.3) is 10.9 Å². The van der Waals surface area contributed by atoms with Crippen LogP contribution in [0.2, 0.25) is 0 Å². The third-order valence-electron chi connectivity index (χ3n) is 6.61. The molecule has 5 rings (SSSR count). The van der Waals surface area contributed by atoms with Crippen molar-refractivity contribution in [3.05, 3.63) is 68.2 Å². The lowest BCUT2D eigenvalue weighted by molar-refractivity contribution is -0.384. The molecule has 3 aromatic rings. The number of hydrogen-bond acceptors (Lipinski definition) is 8. The molecular formula is C23H21FN4O8S. The van der Waals surface area contributed by atoms with Gasteiger partial charge in [-0.2, -0.15) is 4.31 Å². The number of hydrogen-bond donors (Lipinski definition) is 1. The number of anilines is 1. The van der Waals surface area contributed by atoms with E-state index in [0.717, 1.165) is 18.2 Å². The summed E-state index contributed by atoms with van der Waals surface area (Å²) in [6.07, 6.45) is 1.24. The third kappa shape index (κ3) is 3.97. The number of nitrogens with zero attached hydrogens (tertiary/aromatic N) is 4. The lowest BCUT2D eigenvalue weighted by Crippen LogP contribution is -2.49. The summed E-state index contributed by atoms with van der Waals surface area (Å²) in [5.41, 5.74) is -1.16. The van der Waals surface area contributed by atoms with Crippen molar-refractivity contribution in [2.24, 2.45) is 0 Å². The molecule has 2 aromatic carbocycles. The smallest absolute Gasteiger partial charge is 0.341 e. The van der Waals surface area contributed by atoms with Crippen molar-refractivity contribution in [3.63, 3.8) is 0 Å². The van der Waals surface area contributed by atoms with Crippen LogP contribution >= 0.6 is 0 Å². The first-order chi connectivity index (χ1) is 17.5. The van der Waals surface area contributed by atoms with E-state index in [0.29, 0.717) is 0 Å². The third-order valence-corrected chi connectivity index (χ3v) is 8.53. The number of halogens is 1. The number of non-ortho nitro benzene ring substituents is 1. The second kappa shape index (κ2) is 8.81. The molecule has 12 nitrogen and oxygen atoms in total. The molecule has 2 aliphatic rings. The van der Waals surface area contributed by atoms with Crippen molar-refractivity contribution in [1.29, 1.82) is 0 Å². The summed E-state index contributed by atoms with van der Waals surface area (Å²) in [5, 5.41) is 20.2. The lowest BCUT2D eigenvalue weighted by Gasteiger charge is -2.37. The van der Waals surface area contributed by atoms with E-state index >= 15 is 4.39 Å². The first kappa shape index (κ1) is 24.6. The first-order valence-corrected chi connectivity index (χ1v) is 12.7. The number of piperazine rings is 1. The van der Waals surface area contributed by atoms with Crippen LogP contribution in [-0.4, -0.2) is 66.1 Å². The molecule has 14 heteroatoms. The molecule has 194 valence electrons. The maximum absolute atomic E-state index is 15.4. The van der Waals surface area contributed by atoms with Gasteiger partial charge < -0.3 is 19.3 Å². The van der Waals surface area contributed by atoms with Crippen molar-refractivity contribution < 1.29 is 32.4 Å². The number of nitro benzene ring substituents is 1. The fourth-order valence-electron chi connectivity index (χ4n) is 4.70. The van der Waals surface area contributed by atoms with Gasteiger partial charge in [0.05, 0.1) is 26.8 Å². The van der Waals surface area contributed by atoms with E-state index < -0.39 is 37.7 Å². The first-order valence-electron chi connectivity index (χ1n) is 11.3. The fraction of sp³-hybridized carbons (Fsp3) is 0.304. The minimum absolute atomic E-state index is 0.0113. The molecule has 0 spiro atoms. The van der Waals surface area contributed by atoms with E-state index in [1.807, 2.05) is 0 Å². The Bertz CT molecular complexity index is 1610. The molecule has 3 heterocycles. The molecule has 0 amide bonds. The fourth-order valence-corrected chi connectivity index (χ4v) is 6.12. The standard InChI is InChI=1S/C23H21FN4O8S/c1-13-12-36-22-19-16(21(29)17(23(30)31)11-27(13)19)10-18(24)20(22)25-6-8-26(9-7-25)37(34,35)15-4-2-14(3-5-15)28(32)33/h2-5,10-11,13H,6-9,12H2,1H3,(H,30,31). The van der Waals surface area contributed by atoms with Gasteiger partial charge in [0.25, 0.3) is 5.69 Å². The monoisotopic (exact) mass is 532 g/mol. The second-order valence-corrected chi connectivity index (χ2v) is 10.8. The largest absolute Gasteiger partial charge is 0.487 e. The zero-order valence-corrected chi connectivity index (χ0v) is 20.3. The highest BCUT2D eigenvalue weighted by molar-refractivity contribution is 7.89. The van der Waals surface area contributed by atoms with Gasteiger partial charge in [0.2, 0.25) is 15.5 Å². The van der Waals surface area contributed by atoms with Gasteiger partial charge >= 0.3 is 5.97 Å². The minimum atomic E-state index is -3.93. The van der Waals surface area contributed by atoms with Crippen molar-refractivity contribution in [1.82, 2.24) is 8.87 Å². The Morgan fingerprint density at radius 1 is 1.19 bits per heavy atom. The SMILES string of the molecule is CC1COc2c(N3CCN(S(=O)(=O)c4ccc([N+](=O)[O-])cc4)CC3)c(F)cc3c(=O)c(C(=O)O)cn1c23. The highest BCUT2D eigenvalue weighted by Crippen LogP contribution is 2.42. The van der Waals surface area contributed by atoms with E-state index in [1.165, 1.54) is 22.6 Å². The van der Waals surface area contributed by atoms with E-state index in [1.54, 1.807) is 16.4 Å². The molecule has 1 N–H and O–H groups in total. The van der Waals surface area contributed by atoms with E-state index in [9.17, 15) is 33.2 Å². The summed E-state index contributed by atoms with van der Waals surface area (Å²) < 4.78 is 50.2. The number of nitro groups is 1. The molecule has 37 heavy (non-hydrogen) atoms. The van der Waals surface area contributed by atoms with Crippen LogP contribution in [0.5, 0.6) is 5.75 Å². The topological polar surface area (TPSA) is 152 Å². The number of ether oxygens (including phenoxy) is 1. The number of aromatic carboxylic acids is 1. The zero-order valence-electron chi connectivity index (χ0n) is 19.5. The van der Waals surface area contributed by atoms with Gasteiger partial charge in [-0.05, 0) is 25.1 Å². The number of carboxylic acid groups (broad SMARTS) is 1. The molecule has 0 aliphatic carbocycles. The average Bonchev–Trinajstić information content (AvgIpc) is 2.87. The van der Waals surface area contributed by atoms with E-state index in [-0.39, 0.29) is 71.8 Å². The zero-order chi connectivity index (χ0) is 26.6. The molecular weight excluding hydrogens is 511 g/mol. The summed E-state index contributed by atoms with van der Waals surface area (Å²) in [7, 11) is -3.93. The molecule has 1 saturated heterocycles. The number of benzene rings is 2.